The largest absolute Gasteiger partial charge is 0.326 e. The normalized spacial score (nSPS) is 18.4. The van der Waals surface area contributed by atoms with E-state index in [1.165, 1.54) is 0 Å². The summed E-state index contributed by atoms with van der Waals surface area (Å²) < 4.78 is 1.76. The van der Waals surface area contributed by atoms with E-state index in [4.69, 9.17) is 0 Å². The van der Waals surface area contributed by atoms with Gasteiger partial charge in [-0.15, -0.1) is 12.4 Å². The highest BCUT2D eigenvalue weighted by Gasteiger charge is 2.34. The predicted octanol–water partition coefficient (Wildman–Crippen LogP) is 2.83. The number of carbonyl (C=O) groups excluding carboxylic acids is 2. The number of hydrogen-bond donors (Lipinski definition) is 3. The van der Waals surface area contributed by atoms with E-state index in [-0.39, 0.29) is 36.1 Å². The lowest BCUT2D eigenvalue weighted by atomic mass is 9.90. The van der Waals surface area contributed by atoms with Crippen LogP contribution in [0.1, 0.15) is 36.8 Å². The summed E-state index contributed by atoms with van der Waals surface area (Å²) in [4.78, 5) is 24.8. The van der Waals surface area contributed by atoms with Gasteiger partial charge in [0, 0.05) is 50.0 Å². The SMILES string of the molecule is CCCC(=O)Nc1cccc(NC(=O)[C@H]2CNC[C@@H]2c2cnn(C)c2)c1C.Cl. The first-order valence-corrected chi connectivity index (χ1v) is 9.39. The summed E-state index contributed by atoms with van der Waals surface area (Å²) in [5.74, 6) is -0.0897. The molecule has 2 heterocycles. The third-order valence-electron chi connectivity index (χ3n) is 5.05. The number of nitrogens with zero attached hydrogens (tertiary/aromatic N) is 2. The first-order chi connectivity index (χ1) is 13.0. The Morgan fingerprint density at radius 3 is 2.61 bits per heavy atom. The summed E-state index contributed by atoms with van der Waals surface area (Å²) in [6.07, 6.45) is 5.07. The van der Waals surface area contributed by atoms with Gasteiger partial charge in [0.15, 0.2) is 0 Å². The fourth-order valence-corrected chi connectivity index (χ4v) is 3.51. The number of nitrogens with one attached hydrogen (secondary N) is 3. The zero-order valence-electron chi connectivity index (χ0n) is 16.5. The van der Waals surface area contributed by atoms with E-state index in [9.17, 15) is 9.59 Å². The average molecular weight is 406 g/mol. The lowest BCUT2D eigenvalue weighted by Crippen LogP contribution is -2.28. The predicted molar refractivity (Wildman–Crippen MR) is 113 cm³/mol. The van der Waals surface area contributed by atoms with Crippen LogP contribution in [0.2, 0.25) is 0 Å². The van der Waals surface area contributed by atoms with Gasteiger partial charge in [-0.3, -0.25) is 14.3 Å². The lowest BCUT2D eigenvalue weighted by molar-refractivity contribution is -0.119. The van der Waals surface area contributed by atoms with Gasteiger partial charge in [-0.25, -0.2) is 0 Å². The Hall–Kier alpha value is -2.38. The second-order valence-corrected chi connectivity index (χ2v) is 7.08. The fourth-order valence-electron chi connectivity index (χ4n) is 3.51. The van der Waals surface area contributed by atoms with E-state index < -0.39 is 0 Å². The van der Waals surface area contributed by atoms with E-state index in [2.05, 4.69) is 21.0 Å². The summed E-state index contributed by atoms with van der Waals surface area (Å²) in [5, 5.41) is 13.5. The van der Waals surface area contributed by atoms with Gasteiger partial charge in [0.2, 0.25) is 11.8 Å². The Labute approximate surface area is 171 Å². The second-order valence-electron chi connectivity index (χ2n) is 7.08. The van der Waals surface area contributed by atoms with Crippen molar-refractivity contribution in [1.82, 2.24) is 15.1 Å². The van der Waals surface area contributed by atoms with Crippen LogP contribution in [0.25, 0.3) is 0 Å². The number of amides is 2. The van der Waals surface area contributed by atoms with Crippen LogP contribution in [0.15, 0.2) is 30.6 Å². The Bertz CT molecular complexity index is 836. The molecule has 1 saturated heterocycles. The number of anilines is 2. The number of carbonyl (C=O) groups is 2. The molecule has 1 aliphatic rings. The zero-order chi connectivity index (χ0) is 19.4. The standard InChI is InChI=1S/C20H27N5O2.ClH/c1-4-6-19(26)23-17-7-5-8-18(13(17)2)24-20(27)16-11-21-10-15(16)14-9-22-25(3)12-14;/h5,7-9,12,15-16,21H,4,6,10-11H2,1-3H3,(H,23,26)(H,24,27);1H/t15-,16+;/m1./s1. The molecule has 0 radical (unpaired) electrons. The molecule has 2 amide bonds. The number of rotatable bonds is 6. The number of aryl methyl sites for hydroxylation is 1. The van der Waals surface area contributed by atoms with Crippen LogP contribution in [-0.4, -0.2) is 34.7 Å². The Morgan fingerprint density at radius 2 is 1.96 bits per heavy atom. The highest BCUT2D eigenvalue weighted by Crippen LogP contribution is 2.30. The molecule has 1 aromatic heterocycles. The van der Waals surface area contributed by atoms with Gasteiger partial charge >= 0.3 is 0 Å². The molecule has 0 unspecified atom stereocenters. The van der Waals surface area contributed by atoms with Gasteiger partial charge in [-0.05, 0) is 36.6 Å². The van der Waals surface area contributed by atoms with Crippen molar-refractivity contribution in [2.45, 2.75) is 32.6 Å². The van der Waals surface area contributed by atoms with Gasteiger partial charge in [0.1, 0.15) is 0 Å². The molecule has 2 aromatic rings. The topological polar surface area (TPSA) is 88.1 Å². The molecule has 0 spiro atoms. The molecule has 0 bridgehead atoms. The summed E-state index contributed by atoms with van der Waals surface area (Å²) in [7, 11) is 1.88. The fraction of sp³-hybridized carbons (Fsp3) is 0.450. The van der Waals surface area contributed by atoms with Gasteiger partial charge in [0.05, 0.1) is 12.1 Å². The van der Waals surface area contributed by atoms with Crippen LogP contribution in [0, 0.1) is 12.8 Å². The molecule has 7 nitrogen and oxygen atoms in total. The van der Waals surface area contributed by atoms with Crippen molar-refractivity contribution < 1.29 is 9.59 Å². The van der Waals surface area contributed by atoms with Crippen LogP contribution in [-0.2, 0) is 16.6 Å². The number of halogens is 1. The first kappa shape index (κ1) is 21.9. The first-order valence-electron chi connectivity index (χ1n) is 9.39. The van der Waals surface area contributed by atoms with Crippen LogP contribution < -0.4 is 16.0 Å². The minimum atomic E-state index is -0.160. The quantitative estimate of drug-likeness (QED) is 0.689. The Balaban J connectivity index is 0.00000280. The van der Waals surface area contributed by atoms with Crippen molar-refractivity contribution in [3.8, 4) is 0 Å². The number of benzene rings is 1. The number of aromatic nitrogens is 2. The number of hydrogen-bond acceptors (Lipinski definition) is 4. The van der Waals surface area contributed by atoms with Crippen molar-refractivity contribution in [2.24, 2.45) is 13.0 Å². The molecule has 152 valence electrons. The minimum Gasteiger partial charge on any atom is -0.326 e. The molecule has 1 aliphatic heterocycles. The third kappa shape index (κ3) is 4.91. The van der Waals surface area contributed by atoms with Gasteiger partial charge in [-0.1, -0.05) is 13.0 Å². The van der Waals surface area contributed by atoms with E-state index in [0.717, 1.165) is 35.5 Å². The second kappa shape index (κ2) is 9.71. The Kier molecular flexibility index (Phi) is 7.60. The molecule has 1 aromatic carbocycles. The van der Waals surface area contributed by atoms with Crippen LogP contribution >= 0.6 is 12.4 Å². The van der Waals surface area contributed by atoms with Crippen LogP contribution in [0.3, 0.4) is 0 Å². The molecular formula is C20H28ClN5O2. The maximum atomic E-state index is 12.9. The molecule has 3 rings (SSSR count). The summed E-state index contributed by atoms with van der Waals surface area (Å²) in [6, 6.07) is 5.56. The van der Waals surface area contributed by atoms with Crippen molar-refractivity contribution >= 4 is 35.6 Å². The van der Waals surface area contributed by atoms with Gasteiger partial charge < -0.3 is 16.0 Å². The van der Waals surface area contributed by atoms with Crippen molar-refractivity contribution in [3.05, 3.63) is 41.7 Å². The average Bonchev–Trinajstić information content (AvgIpc) is 3.27. The molecule has 8 heteroatoms. The lowest BCUT2D eigenvalue weighted by Gasteiger charge is -2.19. The zero-order valence-corrected chi connectivity index (χ0v) is 17.3. The molecule has 1 fully saturated rings. The summed E-state index contributed by atoms with van der Waals surface area (Å²) in [5.41, 5.74) is 3.39. The molecule has 28 heavy (non-hydrogen) atoms. The summed E-state index contributed by atoms with van der Waals surface area (Å²) >= 11 is 0. The van der Waals surface area contributed by atoms with Gasteiger partial charge in [-0.2, -0.15) is 5.10 Å². The molecular weight excluding hydrogens is 378 g/mol. The van der Waals surface area contributed by atoms with E-state index >= 15 is 0 Å². The highest BCUT2D eigenvalue weighted by molar-refractivity contribution is 5.97. The highest BCUT2D eigenvalue weighted by atomic mass is 35.5. The van der Waals surface area contributed by atoms with E-state index in [0.29, 0.717) is 13.0 Å². The molecule has 0 aliphatic carbocycles. The third-order valence-corrected chi connectivity index (χ3v) is 5.05. The van der Waals surface area contributed by atoms with Crippen molar-refractivity contribution in [3.63, 3.8) is 0 Å². The maximum Gasteiger partial charge on any atom is 0.229 e. The summed E-state index contributed by atoms with van der Waals surface area (Å²) in [6.45, 7) is 5.27. The molecule has 0 saturated carbocycles. The smallest absolute Gasteiger partial charge is 0.229 e. The maximum absolute atomic E-state index is 12.9. The monoisotopic (exact) mass is 405 g/mol. The van der Waals surface area contributed by atoms with Crippen molar-refractivity contribution in [1.29, 1.82) is 0 Å². The van der Waals surface area contributed by atoms with Crippen LogP contribution in [0.4, 0.5) is 11.4 Å². The molecule has 2 atom stereocenters. The van der Waals surface area contributed by atoms with E-state index in [1.54, 1.807) is 4.68 Å². The Morgan fingerprint density at radius 1 is 1.25 bits per heavy atom. The molecule has 3 N–H and O–H groups in total. The van der Waals surface area contributed by atoms with Gasteiger partial charge in [0.25, 0.3) is 0 Å². The minimum absolute atomic E-state index is 0. The van der Waals surface area contributed by atoms with Crippen LogP contribution in [0.5, 0.6) is 0 Å². The van der Waals surface area contributed by atoms with Crippen molar-refractivity contribution in [2.75, 3.05) is 23.7 Å². The van der Waals surface area contributed by atoms with E-state index in [1.807, 2.05) is 51.5 Å².